The van der Waals surface area contributed by atoms with E-state index < -0.39 is 0 Å². The number of nitrogens with one attached hydrogen (secondary N) is 1. The first-order valence-corrected chi connectivity index (χ1v) is 12.1. The summed E-state index contributed by atoms with van der Waals surface area (Å²) in [5.74, 6) is 2.85. The number of amides is 1. The van der Waals surface area contributed by atoms with Crippen LogP contribution in [0.2, 0.25) is 0 Å². The summed E-state index contributed by atoms with van der Waals surface area (Å²) in [4.78, 5) is 24.3. The molecule has 0 aromatic carbocycles. The van der Waals surface area contributed by atoms with Gasteiger partial charge in [-0.1, -0.05) is 6.07 Å². The Hall–Kier alpha value is -2.68. The van der Waals surface area contributed by atoms with Crippen molar-refractivity contribution in [3.8, 4) is 0 Å². The quantitative estimate of drug-likeness (QED) is 0.605. The number of aryl methyl sites for hydroxylation is 2. The minimum absolute atomic E-state index is 0.126. The van der Waals surface area contributed by atoms with Gasteiger partial charge in [-0.3, -0.25) is 9.20 Å². The molecular weight excluding hydrogens is 410 g/mol. The minimum Gasteiger partial charge on any atom is -0.342 e. The Bertz CT molecular complexity index is 1030. The van der Waals surface area contributed by atoms with E-state index in [0.717, 1.165) is 61.0 Å². The van der Waals surface area contributed by atoms with Gasteiger partial charge in [-0.2, -0.15) is 11.8 Å². The van der Waals surface area contributed by atoms with E-state index in [-0.39, 0.29) is 11.9 Å². The van der Waals surface area contributed by atoms with E-state index in [0.29, 0.717) is 11.9 Å². The average molecular weight is 440 g/mol. The summed E-state index contributed by atoms with van der Waals surface area (Å²) in [7, 11) is 0. The molecule has 0 saturated carbocycles. The average Bonchev–Trinajstić information content (AvgIpc) is 3.20. The summed E-state index contributed by atoms with van der Waals surface area (Å²) in [5.41, 5.74) is 2.66. The molecule has 1 amide bonds. The van der Waals surface area contributed by atoms with Gasteiger partial charge in [-0.05, 0) is 63.3 Å². The molecule has 4 rings (SSSR count). The third-order valence-corrected chi connectivity index (χ3v) is 6.35. The van der Waals surface area contributed by atoms with Crippen molar-refractivity contribution in [2.24, 2.45) is 0 Å². The van der Waals surface area contributed by atoms with Crippen molar-refractivity contribution in [3.63, 3.8) is 0 Å². The highest BCUT2D eigenvalue weighted by atomic mass is 32.2. The molecule has 1 fully saturated rings. The number of carbonyl (C=O) groups is 1. The lowest BCUT2D eigenvalue weighted by molar-refractivity contribution is -0.133. The monoisotopic (exact) mass is 439 g/mol. The second-order valence-electron chi connectivity index (χ2n) is 8.04. The zero-order valence-corrected chi connectivity index (χ0v) is 19.1. The summed E-state index contributed by atoms with van der Waals surface area (Å²) in [6.07, 6.45) is 6.58. The SMILES string of the molecule is CSCC[C@@H](Nc1nc(C)cc(C)n1)C(=O)N1CCC(c2nnc3ccccn23)CC1. The van der Waals surface area contributed by atoms with Crippen molar-refractivity contribution in [1.29, 1.82) is 0 Å². The van der Waals surface area contributed by atoms with Gasteiger partial charge in [-0.15, -0.1) is 10.2 Å². The highest BCUT2D eigenvalue weighted by molar-refractivity contribution is 7.98. The fraction of sp³-hybridized carbons (Fsp3) is 0.500. The van der Waals surface area contributed by atoms with Gasteiger partial charge in [0, 0.05) is 36.6 Å². The number of nitrogens with zero attached hydrogens (tertiary/aromatic N) is 6. The lowest BCUT2D eigenvalue weighted by Gasteiger charge is -2.34. The Morgan fingerprint density at radius 2 is 1.94 bits per heavy atom. The number of thioether (sulfide) groups is 1. The third kappa shape index (κ3) is 4.98. The van der Waals surface area contributed by atoms with Crippen molar-refractivity contribution in [2.75, 3.05) is 30.4 Å². The van der Waals surface area contributed by atoms with Crippen LogP contribution in [-0.2, 0) is 4.79 Å². The van der Waals surface area contributed by atoms with Gasteiger partial charge in [0.1, 0.15) is 11.9 Å². The molecule has 164 valence electrons. The standard InChI is InChI=1S/C22H29N7OS/c1-15-14-16(2)24-22(23-15)25-18(9-13-31-3)21(30)28-11-7-17(8-12-28)20-27-26-19-6-4-5-10-29(19)20/h4-6,10,14,17-18H,7-9,11-13H2,1-3H3,(H,23,24,25)/t18-/m1/s1. The molecular formula is C22H29N7OS. The maximum atomic E-state index is 13.3. The summed E-state index contributed by atoms with van der Waals surface area (Å²) in [6.45, 7) is 5.32. The molecule has 1 saturated heterocycles. The Balaban J connectivity index is 1.43. The number of likely N-dealkylation sites (tertiary alicyclic amines) is 1. The lowest BCUT2D eigenvalue weighted by atomic mass is 9.95. The number of carbonyl (C=O) groups excluding carboxylic acids is 1. The van der Waals surface area contributed by atoms with E-state index in [9.17, 15) is 4.79 Å². The highest BCUT2D eigenvalue weighted by Gasteiger charge is 2.30. The van der Waals surface area contributed by atoms with Crippen LogP contribution < -0.4 is 5.32 Å². The fourth-order valence-electron chi connectivity index (χ4n) is 4.16. The molecule has 3 aromatic heterocycles. The molecule has 0 spiro atoms. The third-order valence-electron chi connectivity index (χ3n) is 5.71. The zero-order chi connectivity index (χ0) is 21.8. The van der Waals surface area contributed by atoms with Crippen LogP contribution in [0, 0.1) is 13.8 Å². The van der Waals surface area contributed by atoms with Gasteiger partial charge in [0.2, 0.25) is 11.9 Å². The fourth-order valence-corrected chi connectivity index (χ4v) is 4.63. The number of hydrogen-bond acceptors (Lipinski definition) is 7. The Labute approximate surface area is 186 Å². The normalized spacial score (nSPS) is 15.9. The molecule has 1 atom stereocenters. The molecule has 1 aliphatic heterocycles. The van der Waals surface area contributed by atoms with Crippen LogP contribution in [0.15, 0.2) is 30.5 Å². The van der Waals surface area contributed by atoms with Crippen molar-refractivity contribution in [3.05, 3.63) is 47.7 Å². The van der Waals surface area contributed by atoms with Gasteiger partial charge in [0.05, 0.1) is 0 Å². The second-order valence-corrected chi connectivity index (χ2v) is 9.02. The Morgan fingerprint density at radius 3 is 2.65 bits per heavy atom. The number of piperidine rings is 1. The molecule has 3 aromatic rings. The smallest absolute Gasteiger partial charge is 0.245 e. The van der Waals surface area contributed by atoms with Gasteiger partial charge in [-0.25, -0.2) is 9.97 Å². The van der Waals surface area contributed by atoms with Crippen LogP contribution in [0.3, 0.4) is 0 Å². The minimum atomic E-state index is -0.320. The first-order chi connectivity index (χ1) is 15.0. The van der Waals surface area contributed by atoms with Crippen LogP contribution in [0.4, 0.5) is 5.95 Å². The zero-order valence-electron chi connectivity index (χ0n) is 18.3. The number of pyridine rings is 1. The number of anilines is 1. The van der Waals surface area contributed by atoms with Gasteiger partial charge >= 0.3 is 0 Å². The van der Waals surface area contributed by atoms with Crippen LogP contribution in [0.5, 0.6) is 0 Å². The highest BCUT2D eigenvalue weighted by Crippen LogP contribution is 2.28. The molecule has 1 N–H and O–H groups in total. The van der Waals surface area contributed by atoms with Crippen LogP contribution in [-0.4, -0.2) is 66.5 Å². The molecule has 8 nitrogen and oxygen atoms in total. The number of hydrogen-bond donors (Lipinski definition) is 1. The van der Waals surface area contributed by atoms with E-state index in [1.54, 1.807) is 11.8 Å². The van der Waals surface area contributed by atoms with E-state index >= 15 is 0 Å². The second kappa shape index (κ2) is 9.64. The first kappa shape index (κ1) is 21.5. The summed E-state index contributed by atoms with van der Waals surface area (Å²) in [6, 6.07) is 7.54. The summed E-state index contributed by atoms with van der Waals surface area (Å²) in [5, 5.41) is 12.0. The van der Waals surface area contributed by atoms with E-state index in [2.05, 4.69) is 36.1 Å². The van der Waals surface area contributed by atoms with Crippen LogP contribution in [0.1, 0.15) is 42.4 Å². The maximum absolute atomic E-state index is 13.3. The largest absolute Gasteiger partial charge is 0.342 e. The van der Waals surface area contributed by atoms with Crippen molar-refractivity contribution in [2.45, 2.75) is 45.1 Å². The van der Waals surface area contributed by atoms with Crippen LogP contribution >= 0.6 is 11.8 Å². The predicted molar refractivity (Wildman–Crippen MR) is 123 cm³/mol. The number of aromatic nitrogens is 5. The summed E-state index contributed by atoms with van der Waals surface area (Å²) < 4.78 is 2.06. The van der Waals surface area contributed by atoms with Gasteiger partial charge in [0.15, 0.2) is 5.65 Å². The van der Waals surface area contributed by atoms with Crippen molar-refractivity contribution < 1.29 is 4.79 Å². The van der Waals surface area contributed by atoms with Gasteiger partial charge in [0.25, 0.3) is 0 Å². The predicted octanol–water partition coefficient (Wildman–Crippen LogP) is 3.08. The molecule has 1 aliphatic rings. The molecule has 0 unspecified atom stereocenters. The first-order valence-electron chi connectivity index (χ1n) is 10.7. The maximum Gasteiger partial charge on any atom is 0.245 e. The van der Waals surface area contributed by atoms with Gasteiger partial charge < -0.3 is 10.2 Å². The molecule has 9 heteroatoms. The van der Waals surface area contributed by atoms with E-state index in [1.165, 1.54) is 0 Å². The van der Waals surface area contributed by atoms with E-state index in [1.807, 2.05) is 49.2 Å². The molecule has 0 bridgehead atoms. The lowest BCUT2D eigenvalue weighted by Crippen LogP contribution is -2.46. The number of fused-ring (bicyclic) bond motifs is 1. The molecule has 0 aliphatic carbocycles. The molecule has 4 heterocycles. The van der Waals surface area contributed by atoms with Crippen LogP contribution in [0.25, 0.3) is 5.65 Å². The number of rotatable bonds is 7. The van der Waals surface area contributed by atoms with E-state index in [4.69, 9.17) is 0 Å². The Kier molecular flexibility index (Phi) is 6.70. The molecule has 31 heavy (non-hydrogen) atoms. The Morgan fingerprint density at radius 1 is 1.19 bits per heavy atom. The van der Waals surface area contributed by atoms with Crippen molar-refractivity contribution in [1.82, 2.24) is 29.5 Å². The molecule has 0 radical (unpaired) electrons. The topological polar surface area (TPSA) is 88.3 Å². The van der Waals surface area contributed by atoms with Crippen molar-refractivity contribution >= 4 is 29.3 Å². The summed E-state index contributed by atoms with van der Waals surface area (Å²) >= 11 is 1.74.